The van der Waals surface area contributed by atoms with Gasteiger partial charge in [0.25, 0.3) is 0 Å². The van der Waals surface area contributed by atoms with Gasteiger partial charge in [-0.05, 0) is 48.7 Å². The highest BCUT2D eigenvalue weighted by molar-refractivity contribution is 7.89. The molecule has 0 aliphatic carbocycles. The van der Waals surface area contributed by atoms with Crippen LogP contribution in [0.3, 0.4) is 0 Å². The number of hydrogen-bond donors (Lipinski definition) is 4. The smallest absolute Gasteiger partial charge is 0.323 e. The predicted octanol–water partition coefficient (Wildman–Crippen LogP) is 2.08. The molecule has 0 spiro atoms. The second-order valence-electron chi connectivity index (χ2n) is 8.60. The molecule has 0 radical (unpaired) electrons. The van der Waals surface area contributed by atoms with Crippen LogP contribution in [0.15, 0.2) is 78.0 Å². The first-order valence-corrected chi connectivity index (χ1v) is 13.3. The third kappa shape index (κ3) is 7.00. The van der Waals surface area contributed by atoms with E-state index in [1.54, 1.807) is 36.7 Å². The maximum Gasteiger partial charge on any atom is 0.323 e. The van der Waals surface area contributed by atoms with Crippen molar-refractivity contribution in [3.8, 4) is 0 Å². The number of benzene rings is 2. The molecule has 1 aliphatic heterocycles. The molecule has 0 unspecified atom stereocenters. The fraction of sp³-hybridized carbons (Fsp3) is 0.320. The van der Waals surface area contributed by atoms with Crippen molar-refractivity contribution < 1.29 is 18.3 Å². The van der Waals surface area contributed by atoms with Gasteiger partial charge in [0.15, 0.2) is 0 Å². The number of carboxylic acid groups (broad SMARTS) is 1. The van der Waals surface area contributed by atoms with Crippen molar-refractivity contribution in [1.29, 1.82) is 0 Å². The van der Waals surface area contributed by atoms with Crippen LogP contribution in [-0.2, 0) is 21.4 Å². The third-order valence-electron chi connectivity index (χ3n) is 6.02. The van der Waals surface area contributed by atoms with Gasteiger partial charge in [-0.1, -0.05) is 30.3 Å². The summed E-state index contributed by atoms with van der Waals surface area (Å²) in [5.41, 5.74) is 2.11. The van der Waals surface area contributed by atoms with Crippen LogP contribution >= 0.6 is 0 Å². The van der Waals surface area contributed by atoms with Crippen LogP contribution in [0.4, 0.5) is 11.6 Å². The minimum atomic E-state index is -3.93. The van der Waals surface area contributed by atoms with Crippen LogP contribution in [0.2, 0.25) is 0 Å². The molecule has 0 saturated carbocycles. The van der Waals surface area contributed by atoms with Gasteiger partial charge in [0, 0.05) is 50.3 Å². The van der Waals surface area contributed by atoms with Crippen LogP contribution < -0.4 is 20.3 Å². The molecule has 4 rings (SSSR count). The molecule has 1 aromatic heterocycles. The molecule has 36 heavy (non-hydrogen) atoms. The first-order chi connectivity index (χ1) is 17.4. The highest BCUT2D eigenvalue weighted by Crippen LogP contribution is 2.22. The molecule has 0 bridgehead atoms. The number of nitrogens with one attached hydrogen (secondary N) is 3. The topological polar surface area (TPSA) is 137 Å². The van der Waals surface area contributed by atoms with E-state index in [1.807, 2.05) is 12.1 Å². The van der Waals surface area contributed by atoms with Gasteiger partial charge in [-0.2, -0.15) is 4.72 Å². The van der Waals surface area contributed by atoms with Gasteiger partial charge in [-0.3, -0.25) is 4.79 Å². The van der Waals surface area contributed by atoms with Gasteiger partial charge in [0.2, 0.25) is 16.0 Å². The van der Waals surface area contributed by atoms with Crippen LogP contribution in [0.5, 0.6) is 0 Å². The van der Waals surface area contributed by atoms with E-state index in [4.69, 9.17) is 0 Å². The van der Waals surface area contributed by atoms with Crippen molar-refractivity contribution in [3.63, 3.8) is 0 Å². The van der Waals surface area contributed by atoms with E-state index in [0.717, 1.165) is 37.2 Å². The quantitative estimate of drug-likeness (QED) is 0.306. The normalized spacial score (nSPS) is 15.4. The fourth-order valence-corrected chi connectivity index (χ4v) is 5.27. The zero-order valence-corrected chi connectivity index (χ0v) is 20.6. The Morgan fingerprint density at radius 2 is 1.67 bits per heavy atom. The summed E-state index contributed by atoms with van der Waals surface area (Å²) in [5, 5.41) is 15.9. The summed E-state index contributed by atoms with van der Waals surface area (Å²) in [6.07, 6.45) is 5.42. The lowest BCUT2D eigenvalue weighted by molar-refractivity contribution is -0.138. The SMILES string of the molecule is O=C(O)[C@H](CNCc1ccc(N2CCC(Nc3ncccn3)CC2)cc1)NS(=O)(=O)c1ccccc1. The Kier molecular flexibility index (Phi) is 8.47. The molecule has 1 atom stereocenters. The van der Waals surface area contributed by atoms with Crippen molar-refractivity contribution in [1.82, 2.24) is 20.0 Å². The molecule has 0 amide bonds. The van der Waals surface area contributed by atoms with E-state index >= 15 is 0 Å². The van der Waals surface area contributed by atoms with E-state index in [2.05, 4.69) is 42.4 Å². The Balaban J connectivity index is 1.24. The van der Waals surface area contributed by atoms with Crippen LogP contribution in [0.1, 0.15) is 18.4 Å². The molecular weight excluding hydrogens is 480 g/mol. The van der Waals surface area contributed by atoms with Crippen molar-refractivity contribution >= 4 is 27.6 Å². The number of sulfonamides is 1. The monoisotopic (exact) mass is 510 g/mol. The molecule has 4 N–H and O–H groups in total. The number of aromatic nitrogens is 2. The number of carboxylic acids is 1. The molecule has 1 saturated heterocycles. The zero-order chi connectivity index (χ0) is 25.4. The molecule has 2 heterocycles. The molecule has 10 nitrogen and oxygen atoms in total. The average molecular weight is 511 g/mol. The summed E-state index contributed by atoms with van der Waals surface area (Å²) in [6, 6.07) is 16.7. The number of aliphatic carboxylic acids is 1. The number of rotatable bonds is 11. The number of hydrogen-bond acceptors (Lipinski definition) is 8. The predicted molar refractivity (Wildman–Crippen MR) is 137 cm³/mol. The van der Waals surface area contributed by atoms with Gasteiger partial charge in [0.05, 0.1) is 4.90 Å². The summed E-state index contributed by atoms with van der Waals surface area (Å²) in [4.78, 5) is 22.4. The van der Waals surface area contributed by atoms with Gasteiger partial charge in [0.1, 0.15) is 6.04 Å². The highest BCUT2D eigenvalue weighted by atomic mass is 32.2. The summed E-state index contributed by atoms with van der Waals surface area (Å²) in [5.74, 6) is -0.583. The second-order valence-corrected chi connectivity index (χ2v) is 10.3. The molecule has 190 valence electrons. The number of anilines is 2. The maximum atomic E-state index is 12.5. The fourth-order valence-electron chi connectivity index (χ4n) is 4.06. The van der Waals surface area contributed by atoms with E-state index in [9.17, 15) is 18.3 Å². The standard InChI is InChI=1S/C25H30N6O4S/c32-24(33)23(30-36(34,35)22-5-2-1-3-6-22)18-26-17-19-7-9-21(10-8-19)31-15-11-20(12-16-31)29-25-27-13-4-14-28-25/h1-10,13-14,20,23,26,30H,11-12,15-18H2,(H,32,33)(H,27,28,29)/t23-/m0/s1. The summed E-state index contributed by atoms with van der Waals surface area (Å²) in [7, 11) is -3.93. The van der Waals surface area contributed by atoms with Gasteiger partial charge in [-0.25, -0.2) is 18.4 Å². The highest BCUT2D eigenvalue weighted by Gasteiger charge is 2.25. The van der Waals surface area contributed by atoms with Gasteiger partial charge >= 0.3 is 5.97 Å². The lowest BCUT2D eigenvalue weighted by Gasteiger charge is -2.34. The maximum absolute atomic E-state index is 12.5. The summed E-state index contributed by atoms with van der Waals surface area (Å²) >= 11 is 0. The van der Waals surface area contributed by atoms with Gasteiger partial charge < -0.3 is 20.6 Å². The number of carbonyl (C=O) groups is 1. The number of piperidine rings is 1. The Labute approximate surface area is 210 Å². The minimum Gasteiger partial charge on any atom is -0.480 e. The second kappa shape index (κ2) is 11.9. The lowest BCUT2D eigenvalue weighted by atomic mass is 10.0. The van der Waals surface area contributed by atoms with Gasteiger partial charge in [-0.15, -0.1) is 0 Å². The van der Waals surface area contributed by atoms with Crippen molar-refractivity contribution in [2.24, 2.45) is 0 Å². The third-order valence-corrected chi connectivity index (χ3v) is 7.51. The molecule has 11 heteroatoms. The van der Waals surface area contributed by atoms with Crippen molar-refractivity contribution in [3.05, 3.63) is 78.6 Å². The summed E-state index contributed by atoms with van der Waals surface area (Å²) < 4.78 is 27.2. The molecule has 2 aromatic carbocycles. The lowest BCUT2D eigenvalue weighted by Crippen LogP contribution is -2.47. The van der Waals surface area contributed by atoms with Crippen LogP contribution in [0, 0.1) is 0 Å². The van der Waals surface area contributed by atoms with Crippen LogP contribution in [0.25, 0.3) is 0 Å². The molecule has 1 aliphatic rings. The Morgan fingerprint density at radius 1 is 1.00 bits per heavy atom. The minimum absolute atomic E-state index is 0.0278. The van der Waals surface area contributed by atoms with E-state index in [-0.39, 0.29) is 11.4 Å². The molecular formula is C25H30N6O4S. The zero-order valence-electron chi connectivity index (χ0n) is 19.7. The van der Waals surface area contributed by atoms with Crippen molar-refractivity contribution in [2.75, 3.05) is 29.9 Å². The van der Waals surface area contributed by atoms with Crippen LogP contribution in [-0.4, -0.2) is 61.2 Å². The largest absolute Gasteiger partial charge is 0.480 e. The Morgan fingerprint density at radius 3 is 2.31 bits per heavy atom. The average Bonchev–Trinajstić information content (AvgIpc) is 2.90. The Bertz CT molecular complexity index is 1220. The number of nitrogens with zero attached hydrogens (tertiary/aromatic N) is 3. The van der Waals surface area contributed by atoms with E-state index < -0.39 is 22.0 Å². The first kappa shape index (κ1) is 25.5. The Hall–Kier alpha value is -3.54. The molecule has 3 aromatic rings. The van der Waals surface area contributed by atoms with E-state index in [0.29, 0.717) is 18.5 Å². The van der Waals surface area contributed by atoms with E-state index in [1.165, 1.54) is 12.1 Å². The first-order valence-electron chi connectivity index (χ1n) is 11.8. The molecule has 1 fully saturated rings. The summed E-state index contributed by atoms with van der Waals surface area (Å²) in [6.45, 7) is 2.21. The van der Waals surface area contributed by atoms with Crippen molar-refractivity contribution in [2.45, 2.75) is 36.4 Å².